The van der Waals surface area contributed by atoms with Crippen LogP contribution >= 0.6 is 0 Å². The van der Waals surface area contributed by atoms with Crippen LogP contribution in [0.4, 0.5) is 0 Å². The Morgan fingerprint density at radius 2 is 0.823 bits per heavy atom. The zero-order chi connectivity index (χ0) is 41.0. The van der Waals surface area contributed by atoms with Crippen molar-refractivity contribution in [2.45, 2.75) is 6.04 Å². The molecule has 7 heteroatoms. The van der Waals surface area contributed by atoms with E-state index in [0.717, 1.165) is 83.1 Å². The largest absolute Gasteiger partial charge is 0.345 e. The van der Waals surface area contributed by atoms with Crippen LogP contribution in [0.3, 0.4) is 0 Å². The number of benzene rings is 8. The van der Waals surface area contributed by atoms with E-state index in [2.05, 4.69) is 160 Å². The average molecular weight is 796 g/mol. The lowest BCUT2D eigenvalue weighted by Gasteiger charge is -2.25. The number of hydrogen-bond acceptors (Lipinski definition) is 5. The molecule has 1 N–H and O–H groups in total. The molecule has 0 aliphatic carbocycles. The minimum Gasteiger partial charge on any atom is -0.345 e. The second-order valence-electron chi connectivity index (χ2n) is 15.6. The van der Waals surface area contributed by atoms with E-state index in [-0.39, 0.29) is 6.04 Å². The topological polar surface area (TPSA) is 72.9 Å². The van der Waals surface area contributed by atoms with E-state index in [0.29, 0.717) is 17.6 Å². The third kappa shape index (κ3) is 6.06. The number of fused-ring (bicyclic) bond motifs is 6. The van der Waals surface area contributed by atoms with E-state index < -0.39 is 0 Å². The Labute approximate surface area is 357 Å². The maximum absolute atomic E-state index is 5.30. The Morgan fingerprint density at radius 3 is 1.39 bits per heavy atom. The summed E-state index contributed by atoms with van der Waals surface area (Å²) in [6.07, 6.45) is 2.22. The van der Waals surface area contributed by atoms with Crippen LogP contribution in [0.25, 0.3) is 89.2 Å². The molecular weight excluding hydrogens is 759 g/mol. The third-order valence-electron chi connectivity index (χ3n) is 11.8. The molecule has 62 heavy (non-hydrogen) atoms. The van der Waals surface area contributed by atoms with E-state index in [4.69, 9.17) is 19.9 Å². The van der Waals surface area contributed by atoms with E-state index in [1.54, 1.807) is 0 Å². The SMILES string of the molecule is C1=C(c2ccccc2)N=C(n2c3ccccc3c3cc(-c4ccc5c(c4)c4ccccc4n5-c4nc(-c5ccccc5)nc(-c5ccccc5)n4)ccc32)NC1c1ccccc1. The van der Waals surface area contributed by atoms with Gasteiger partial charge in [0.25, 0.3) is 0 Å². The van der Waals surface area contributed by atoms with Gasteiger partial charge in [-0.05, 0) is 59.2 Å². The number of rotatable bonds is 6. The van der Waals surface area contributed by atoms with Crippen molar-refractivity contribution in [3.8, 4) is 39.9 Å². The Bertz CT molecular complexity index is 3480. The molecule has 0 saturated heterocycles. The summed E-state index contributed by atoms with van der Waals surface area (Å²) in [5.74, 6) is 2.62. The Balaban J connectivity index is 1.00. The van der Waals surface area contributed by atoms with Crippen LogP contribution in [-0.4, -0.2) is 30.0 Å². The second kappa shape index (κ2) is 14.7. The summed E-state index contributed by atoms with van der Waals surface area (Å²) in [6, 6.07) is 71.8. The van der Waals surface area contributed by atoms with Crippen molar-refractivity contribution >= 4 is 55.3 Å². The normalized spacial score (nSPS) is 14.0. The van der Waals surface area contributed by atoms with Gasteiger partial charge >= 0.3 is 0 Å². The smallest absolute Gasteiger partial charge is 0.238 e. The van der Waals surface area contributed by atoms with Crippen molar-refractivity contribution in [3.05, 3.63) is 223 Å². The highest BCUT2D eigenvalue weighted by molar-refractivity contribution is 6.16. The molecule has 1 atom stereocenters. The lowest BCUT2D eigenvalue weighted by molar-refractivity contribution is 0.760. The summed E-state index contributed by atoms with van der Waals surface area (Å²) in [5.41, 5.74) is 11.5. The Morgan fingerprint density at radius 1 is 0.371 bits per heavy atom. The molecule has 3 aromatic heterocycles. The zero-order valence-corrected chi connectivity index (χ0v) is 33.5. The molecule has 1 aliphatic rings. The van der Waals surface area contributed by atoms with Gasteiger partial charge in [-0.2, -0.15) is 9.97 Å². The fourth-order valence-corrected chi connectivity index (χ4v) is 8.89. The molecule has 4 heterocycles. The molecule has 292 valence electrons. The maximum Gasteiger partial charge on any atom is 0.238 e. The molecule has 0 radical (unpaired) electrons. The van der Waals surface area contributed by atoms with Crippen LogP contribution in [0.15, 0.2) is 217 Å². The molecule has 11 aromatic rings. The summed E-state index contributed by atoms with van der Waals surface area (Å²) >= 11 is 0. The monoisotopic (exact) mass is 795 g/mol. The maximum atomic E-state index is 5.30. The van der Waals surface area contributed by atoms with Crippen LogP contribution in [0.1, 0.15) is 17.2 Å². The Kier molecular flexibility index (Phi) is 8.42. The first-order chi connectivity index (χ1) is 30.7. The van der Waals surface area contributed by atoms with E-state index >= 15 is 0 Å². The van der Waals surface area contributed by atoms with Gasteiger partial charge in [-0.15, -0.1) is 0 Å². The molecule has 1 unspecified atom stereocenters. The standard InChI is InChI=1S/C55H37N7/c1-5-17-36(18-6-1)46-35-47(37-19-7-2-8-20-37)57-54(56-46)61-48-27-15-13-25-42(48)44-33-40(29-31-50(44)61)41-30-32-51-45(34-41)43-26-14-16-28-49(43)62(51)55-59-52(38-21-9-3-10-22-38)58-53(60-55)39-23-11-4-12-24-39/h1-35,46H,(H,56,57). The van der Waals surface area contributed by atoms with Crippen molar-refractivity contribution in [2.24, 2.45) is 4.99 Å². The van der Waals surface area contributed by atoms with Crippen molar-refractivity contribution in [2.75, 3.05) is 0 Å². The van der Waals surface area contributed by atoms with E-state index in [9.17, 15) is 0 Å². The van der Waals surface area contributed by atoms with Crippen LogP contribution in [-0.2, 0) is 0 Å². The fraction of sp³-hybridized carbons (Fsp3) is 0.0182. The van der Waals surface area contributed by atoms with Gasteiger partial charge in [0.15, 0.2) is 11.6 Å². The number of aliphatic imine (C=N–C) groups is 1. The molecule has 0 spiro atoms. The highest BCUT2D eigenvalue weighted by Crippen LogP contribution is 2.38. The molecular formula is C55H37N7. The molecule has 0 amide bonds. The number of nitrogens with zero attached hydrogens (tertiary/aromatic N) is 6. The summed E-state index contributed by atoms with van der Waals surface area (Å²) < 4.78 is 4.45. The minimum absolute atomic E-state index is 0.0596. The molecule has 0 saturated carbocycles. The van der Waals surface area contributed by atoms with Crippen LogP contribution in [0.2, 0.25) is 0 Å². The first-order valence-corrected chi connectivity index (χ1v) is 20.9. The predicted molar refractivity (Wildman–Crippen MR) is 253 cm³/mol. The quantitative estimate of drug-likeness (QED) is 0.182. The summed E-state index contributed by atoms with van der Waals surface area (Å²) in [7, 11) is 0. The van der Waals surface area contributed by atoms with Gasteiger partial charge in [0.05, 0.1) is 33.8 Å². The predicted octanol–water partition coefficient (Wildman–Crippen LogP) is 12.7. The van der Waals surface area contributed by atoms with Gasteiger partial charge in [-0.1, -0.05) is 170 Å². The van der Waals surface area contributed by atoms with Gasteiger partial charge in [0.1, 0.15) is 0 Å². The van der Waals surface area contributed by atoms with Gasteiger partial charge in [-0.25, -0.2) is 9.98 Å². The lowest BCUT2D eigenvalue weighted by Crippen LogP contribution is -2.35. The zero-order valence-electron chi connectivity index (χ0n) is 33.5. The summed E-state index contributed by atoms with van der Waals surface area (Å²) in [4.78, 5) is 20.5. The second-order valence-corrected chi connectivity index (χ2v) is 15.6. The molecule has 12 rings (SSSR count). The lowest BCUT2D eigenvalue weighted by atomic mass is 10.0. The fourth-order valence-electron chi connectivity index (χ4n) is 8.89. The average Bonchev–Trinajstić information content (AvgIpc) is 3.87. The molecule has 0 bridgehead atoms. The number of para-hydroxylation sites is 2. The summed E-state index contributed by atoms with van der Waals surface area (Å²) in [5, 5.41) is 8.37. The highest BCUT2D eigenvalue weighted by Gasteiger charge is 2.24. The van der Waals surface area contributed by atoms with Gasteiger partial charge in [0.2, 0.25) is 11.9 Å². The molecule has 7 nitrogen and oxygen atoms in total. The van der Waals surface area contributed by atoms with Crippen molar-refractivity contribution in [3.63, 3.8) is 0 Å². The molecule has 1 aliphatic heterocycles. The molecule has 0 fully saturated rings. The van der Waals surface area contributed by atoms with Gasteiger partial charge < -0.3 is 5.32 Å². The van der Waals surface area contributed by atoms with E-state index in [1.807, 2.05) is 66.7 Å². The number of aromatic nitrogens is 5. The first kappa shape index (κ1) is 35.5. The van der Waals surface area contributed by atoms with Gasteiger partial charge in [-0.3, -0.25) is 9.13 Å². The van der Waals surface area contributed by atoms with E-state index in [1.165, 1.54) is 5.56 Å². The first-order valence-electron chi connectivity index (χ1n) is 20.9. The molecule has 8 aromatic carbocycles. The van der Waals surface area contributed by atoms with Crippen LogP contribution in [0.5, 0.6) is 0 Å². The van der Waals surface area contributed by atoms with Crippen LogP contribution in [0, 0.1) is 0 Å². The van der Waals surface area contributed by atoms with Gasteiger partial charge in [0, 0.05) is 38.2 Å². The minimum atomic E-state index is -0.0596. The third-order valence-corrected chi connectivity index (χ3v) is 11.8. The highest BCUT2D eigenvalue weighted by atomic mass is 15.2. The Hall–Kier alpha value is -8.42. The van der Waals surface area contributed by atoms with Crippen molar-refractivity contribution in [1.29, 1.82) is 0 Å². The number of nitrogens with one attached hydrogen (secondary N) is 1. The van der Waals surface area contributed by atoms with Crippen molar-refractivity contribution < 1.29 is 0 Å². The van der Waals surface area contributed by atoms with Crippen LogP contribution < -0.4 is 5.32 Å². The summed E-state index contributed by atoms with van der Waals surface area (Å²) in [6.45, 7) is 0. The van der Waals surface area contributed by atoms with Crippen molar-refractivity contribution in [1.82, 2.24) is 29.4 Å². The number of hydrogen-bond donors (Lipinski definition) is 1.